The lowest BCUT2D eigenvalue weighted by molar-refractivity contribution is -0.604. The summed E-state index contributed by atoms with van der Waals surface area (Å²) in [5.74, 6) is 0.925. The van der Waals surface area contributed by atoms with Crippen molar-refractivity contribution >= 4 is 114 Å². The third-order valence-corrected chi connectivity index (χ3v) is 22.2. The zero-order chi connectivity index (χ0) is 105. The van der Waals surface area contributed by atoms with Gasteiger partial charge >= 0.3 is 37.5 Å². The van der Waals surface area contributed by atoms with Gasteiger partial charge in [-0.3, -0.25) is 23.9 Å². The highest BCUT2D eigenvalue weighted by atomic mass is 35.5. The summed E-state index contributed by atoms with van der Waals surface area (Å²) in [4.78, 5) is 46.7. The first kappa shape index (κ1) is 102. The molecule has 1 aliphatic rings. The van der Waals surface area contributed by atoms with Crippen LogP contribution in [0.2, 0.25) is 10.0 Å². The van der Waals surface area contributed by atoms with E-state index in [0.717, 1.165) is 131 Å². The van der Waals surface area contributed by atoms with E-state index in [1.165, 1.54) is 122 Å². The number of pyridine rings is 5. The van der Waals surface area contributed by atoms with E-state index in [0.29, 0.717) is 129 Å². The Labute approximate surface area is 829 Å². The van der Waals surface area contributed by atoms with Gasteiger partial charge in [0.25, 0.3) is 0 Å². The number of imidazole rings is 2. The molecule has 29 nitrogen and oxygen atoms in total. The fourth-order valence-electron chi connectivity index (χ4n) is 15.1. The maximum absolute atomic E-state index is 13.9. The van der Waals surface area contributed by atoms with Crippen LogP contribution in [0.15, 0.2) is 269 Å². The second-order valence-corrected chi connectivity index (χ2v) is 33.1. The fourth-order valence-corrected chi connectivity index (χ4v) is 15.4. The van der Waals surface area contributed by atoms with Crippen molar-refractivity contribution in [3.05, 3.63) is 358 Å². The van der Waals surface area contributed by atoms with Crippen molar-refractivity contribution in [3.63, 3.8) is 0 Å². The Morgan fingerprint density at radius 3 is 1.34 bits per heavy atom. The lowest BCUT2D eigenvalue weighted by Crippen LogP contribution is -2.26. The first-order chi connectivity index (χ1) is 70.3. The first-order valence-electron chi connectivity index (χ1n) is 43.4. The second kappa shape index (κ2) is 41.7. The lowest BCUT2D eigenvalue weighted by atomic mass is 10.1. The average Bonchev–Trinajstić information content (AvgIpc) is 1.61. The Kier molecular flexibility index (Phi) is 28.7. The van der Waals surface area contributed by atoms with Gasteiger partial charge in [-0.1, -0.05) is 30.1 Å². The summed E-state index contributed by atoms with van der Waals surface area (Å²) in [5, 5.41) is 53.2. The Hall–Kier alpha value is -17.5. The predicted octanol–water partition coefficient (Wildman–Crippen LogP) is 25.0. The number of alkyl halides is 17. The molecule has 0 aliphatic heterocycles. The van der Waals surface area contributed by atoms with Crippen LogP contribution in [0.25, 0.3) is 84.3 Å². The van der Waals surface area contributed by atoms with E-state index in [1.807, 2.05) is 13.8 Å². The normalized spacial score (nSPS) is 12.3. The molecule has 1 aliphatic carbocycles. The van der Waals surface area contributed by atoms with E-state index in [2.05, 4.69) is 101 Å². The van der Waals surface area contributed by atoms with E-state index >= 15 is 0 Å². The number of nitrogens with zero attached hydrogens (tertiary/aromatic N) is 21. The van der Waals surface area contributed by atoms with E-state index in [4.69, 9.17) is 23.2 Å². The smallest absolute Gasteiger partial charge is 0.435 e. The average molecular weight is 2090 g/mol. The van der Waals surface area contributed by atoms with Crippen LogP contribution in [-0.2, 0) is 37.3 Å². The highest BCUT2D eigenvalue weighted by Gasteiger charge is 2.41. The van der Waals surface area contributed by atoms with Crippen LogP contribution in [0.1, 0.15) is 76.5 Å². The van der Waals surface area contributed by atoms with Crippen LogP contribution < -0.4 is 40.8 Å². The molecule has 0 bridgehead atoms. The molecule has 5 aromatic carbocycles. The summed E-state index contributed by atoms with van der Waals surface area (Å²) in [6.07, 6.45) is 0.260. The van der Waals surface area contributed by atoms with Gasteiger partial charge in [0, 0.05) is 82.5 Å². The van der Waals surface area contributed by atoms with E-state index in [-0.39, 0.29) is 39.4 Å². The zero-order valence-electron chi connectivity index (χ0n) is 75.6. The molecule has 0 atom stereocenters. The Bertz CT molecular complexity index is 8260. The van der Waals surface area contributed by atoms with Crippen LogP contribution in [0.3, 0.4) is 0 Å². The molecule has 15 aromatic heterocycles. The zero-order valence-corrected chi connectivity index (χ0v) is 77.1. The molecule has 148 heavy (non-hydrogen) atoms. The van der Waals surface area contributed by atoms with Crippen molar-refractivity contribution < 1.29 is 102 Å². The highest BCUT2D eigenvalue weighted by molar-refractivity contribution is 6.31. The molecule has 0 unspecified atom stereocenters. The lowest BCUT2D eigenvalue weighted by Gasteiger charge is -2.11. The molecule has 21 rings (SSSR count). The molecule has 0 radical (unpaired) electrons. The SMILES string of the molecule is CCc1nn2ccc(Cl)cc2c1-c1cncc(Nc2ccc(C(F)(F)F)cc2)n1.Cc1nc2ncc(Cl)cc2n1-c1cncc(Nc2ccc(OC(F)F)cc2)n1.Cc1nn2ccc(F)cc2c1-c1cncc(Nc2ccc(C(F)(F)F)cc2)n1.[O-][n+]1cc(Nc2ccc(C(F)(F)F)cc2)nc(-c2c(C(F)(F)F)nc3ccc(F)cn23)c1.[O-][n+]1cc(Nc2ccc(C(F)(F)F)cc2)nc(-c2c(C3CC3)nn3ccc(F)cc23)c1. The summed E-state index contributed by atoms with van der Waals surface area (Å²) >= 11 is 12.2. The number of aryl methyl sites for hydroxylation is 3. The van der Waals surface area contributed by atoms with E-state index in [9.17, 15) is 98.2 Å². The van der Waals surface area contributed by atoms with Gasteiger partial charge in [-0.25, -0.2) is 66.6 Å². The van der Waals surface area contributed by atoms with Gasteiger partial charge in [-0.15, -0.1) is 0 Å². The number of anilines is 10. The molecule has 0 spiro atoms. The molecular weight excluding hydrogens is 2030 g/mol. The second-order valence-electron chi connectivity index (χ2n) is 32.2. The number of rotatable bonds is 19. The van der Waals surface area contributed by atoms with Crippen LogP contribution in [0.4, 0.5) is 145 Å². The molecule has 1 fully saturated rings. The topological polar surface area (TPSA) is 326 Å². The maximum atomic E-state index is 13.9. The summed E-state index contributed by atoms with van der Waals surface area (Å²) in [7, 11) is 0. The third kappa shape index (κ3) is 24.1. The molecule has 1 saturated carbocycles. The molecule has 0 amide bonds. The largest absolute Gasteiger partial charge is 0.619 e. The van der Waals surface area contributed by atoms with Crippen molar-refractivity contribution in [2.24, 2.45) is 0 Å². The van der Waals surface area contributed by atoms with Crippen molar-refractivity contribution in [1.82, 2.24) is 92.6 Å². The number of benzene rings is 5. The number of halogens is 22. The molecule has 5 N–H and O–H groups in total. The minimum atomic E-state index is -4.94. The number of fused-ring (bicyclic) bond motifs is 5. The molecule has 756 valence electrons. The minimum absolute atomic E-state index is 0.0743. The van der Waals surface area contributed by atoms with E-state index < -0.39 is 94.3 Å². The van der Waals surface area contributed by atoms with Crippen LogP contribution >= 0.6 is 23.2 Å². The van der Waals surface area contributed by atoms with E-state index in [1.54, 1.807) is 80.2 Å². The van der Waals surface area contributed by atoms with Gasteiger partial charge in [-0.05, 0) is 197 Å². The van der Waals surface area contributed by atoms with Crippen LogP contribution in [0, 0.1) is 41.7 Å². The first-order valence-corrected chi connectivity index (χ1v) is 44.1. The number of hydrogen-bond donors (Lipinski definition) is 5. The number of aromatic nitrogens is 21. The van der Waals surface area contributed by atoms with Gasteiger partial charge in [0.2, 0.25) is 24.8 Å². The van der Waals surface area contributed by atoms with Gasteiger partial charge in [0.1, 0.15) is 57.7 Å². The number of hydrogen-bond acceptors (Lipinski definition) is 22. The van der Waals surface area contributed by atoms with Gasteiger partial charge in [0.15, 0.2) is 40.3 Å². The number of ether oxygens (including phenoxy) is 1. The minimum Gasteiger partial charge on any atom is -0.619 e. The van der Waals surface area contributed by atoms with Crippen molar-refractivity contribution in [1.29, 1.82) is 0 Å². The summed E-state index contributed by atoms with van der Waals surface area (Å²) in [6, 6.07) is 36.1. The molecule has 15 heterocycles. The Morgan fingerprint density at radius 1 is 0.419 bits per heavy atom. The predicted molar refractivity (Wildman–Crippen MR) is 503 cm³/mol. The van der Waals surface area contributed by atoms with Gasteiger partial charge in [0.05, 0.1) is 132 Å². The summed E-state index contributed by atoms with van der Waals surface area (Å²) in [5.41, 5.74) is 4.79. The van der Waals surface area contributed by atoms with Crippen LogP contribution in [-0.4, -0.2) is 99.2 Å². The van der Waals surface area contributed by atoms with Crippen LogP contribution in [0.5, 0.6) is 5.75 Å². The quantitative estimate of drug-likeness (QED) is 0.0285. The van der Waals surface area contributed by atoms with Gasteiger partial charge in [-0.2, -0.15) is 99.4 Å². The summed E-state index contributed by atoms with van der Waals surface area (Å²) in [6.45, 7) is 2.74. The third-order valence-electron chi connectivity index (χ3n) is 21.8. The monoisotopic (exact) mass is 2090 g/mol. The highest BCUT2D eigenvalue weighted by Crippen LogP contribution is 2.46. The Morgan fingerprint density at radius 2 is 0.851 bits per heavy atom. The maximum Gasteiger partial charge on any atom is 0.435 e. The van der Waals surface area contributed by atoms with Gasteiger partial charge < -0.3 is 41.7 Å². The molecule has 51 heteroatoms. The fraction of sp³-hybridized carbons (Fsp3) is 0.134. The molecule has 20 aromatic rings. The van der Waals surface area contributed by atoms with Crippen molar-refractivity contribution in [2.75, 3.05) is 26.6 Å². The van der Waals surface area contributed by atoms with Crippen molar-refractivity contribution in [3.8, 4) is 56.7 Å². The summed E-state index contributed by atoms with van der Waals surface area (Å²) < 4.78 is 271. The number of nitrogens with one attached hydrogen (secondary N) is 5. The van der Waals surface area contributed by atoms with Crippen molar-refractivity contribution in [2.45, 2.75) is 83.4 Å². The Balaban J connectivity index is 0.000000126. The standard InChI is InChI=1S/C21H15F4N5O.C20H15ClF3N5.C19H10F7N5O.C19H13F4N5.C18H13ClF2N6O/c22-14-7-8-30-17(9-14)19(20(28-30)12-1-2-12)16-10-29(31)11-18(27-16)26-15-5-3-13(4-6-15)21(23,24)25;1-2-15-19(17-9-13(21)7-8-29(17)28-15)16-10-25-11-18(27-16)26-14-5-3-12(4-6-14)20(22,23)24;20-11-3-6-15-29-17(19(24,25)26)16(31(15)7-11)13-8-30(32)9-14(28-13)27-12-4-1-10(2-5-12)18(21,22)23;1-11-18(16-8-13(20)6-7-28(16)27-11)15-9-24-10-17(26-15)25-14-4-2-12(3-5-14)19(21,22)23;1-10-24-17-14(6-11(19)7-23-17)27(10)16-9-22-8-15(26-16)25-12-2-4-13(5-3-12)28-18(20)21/h3-12H,1-2H2,(H,26,27);3-11H,2H2,1H3,(H,26,27);1-9H,(H,27,28);2-10H,1H3,(H,25,26);2-9,18H,1H3,(H,25,26). The molecule has 0 saturated heterocycles. The molecular formula is C97H66Cl2F20N26O3.